The molecule has 0 bridgehead atoms. The molecule has 2 unspecified atom stereocenters. The smallest absolute Gasteiger partial charge is 0.244 e. The average Bonchev–Trinajstić information content (AvgIpc) is 2.93. The summed E-state index contributed by atoms with van der Waals surface area (Å²) in [5.41, 5.74) is 0.225. The Morgan fingerprint density at radius 3 is 2.86 bits per heavy atom. The predicted octanol–water partition coefficient (Wildman–Crippen LogP) is 0.810. The van der Waals surface area contributed by atoms with Crippen LogP contribution in [0.4, 0.5) is 0 Å². The van der Waals surface area contributed by atoms with E-state index in [1.807, 2.05) is 13.0 Å². The van der Waals surface area contributed by atoms with Gasteiger partial charge in [0, 0.05) is 31.4 Å². The minimum atomic E-state index is -3.54. The summed E-state index contributed by atoms with van der Waals surface area (Å²) in [7, 11) is -3.54. The van der Waals surface area contributed by atoms with Crippen molar-refractivity contribution in [1.29, 1.82) is 5.26 Å². The first-order chi connectivity index (χ1) is 10.0. The second-order valence-corrected chi connectivity index (χ2v) is 7.60. The van der Waals surface area contributed by atoms with E-state index in [0.717, 1.165) is 25.9 Å². The molecule has 21 heavy (non-hydrogen) atoms. The molecule has 7 heteroatoms. The third kappa shape index (κ3) is 2.55. The molecule has 0 N–H and O–H groups in total. The zero-order chi connectivity index (χ0) is 15.0. The standard InChI is InChI=1S/C14H18N4O2S/c1-11-9-17-6-2-3-13(17)10-18(11)21(19,20)14-5-4-12(7-15)16-8-14/h4-5,8,11,13H,2-3,6,9-10H2,1H3. The monoisotopic (exact) mass is 306 g/mol. The number of sulfonamides is 1. The molecule has 1 aromatic heterocycles. The molecule has 0 amide bonds. The van der Waals surface area contributed by atoms with Crippen molar-refractivity contribution in [3.8, 4) is 6.07 Å². The lowest BCUT2D eigenvalue weighted by Gasteiger charge is -2.41. The van der Waals surface area contributed by atoms with Gasteiger partial charge in [0.25, 0.3) is 0 Å². The molecule has 0 spiro atoms. The van der Waals surface area contributed by atoms with Crippen molar-refractivity contribution < 1.29 is 8.42 Å². The van der Waals surface area contributed by atoms with Gasteiger partial charge in [-0.25, -0.2) is 13.4 Å². The minimum absolute atomic E-state index is 0.0417. The number of nitrogens with zero attached hydrogens (tertiary/aromatic N) is 4. The van der Waals surface area contributed by atoms with E-state index in [1.54, 1.807) is 4.31 Å². The van der Waals surface area contributed by atoms with Gasteiger partial charge in [0.15, 0.2) is 0 Å². The third-order valence-corrected chi connectivity index (χ3v) is 6.30. The van der Waals surface area contributed by atoms with Gasteiger partial charge in [-0.2, -0.15) is 9.57 Å². The summed E-state index contributed by atoms with van der Waals surface area (Å²) in [6, 6.07) is 5.11. The van der Waals surface area contributed by atoms with Gasteiger partial charge >= 0.3 is 0 Å². The van der Waals surface area contributed by atoms with Crippen molar-refractivity contribution >= 4 is 10.0 Å². The van der Waals surface area contributed by atoms with Crippen LogP contribution in [0.3, 0.4) is 0 Å². The Balaban J connectivity index is 1.88. The summed E-state index contributed by atoms with van der Waals surface area (Å²) in [4.78, 5) is 6.42. The van der Waals surface area contributed by atoms with Gasteiger partial charge in [-0.15, -0.1) is 0 Å². The highest BCUT2D eigenvalue weighted by Crippen LogP contribution is 2.28. The van der Waals surface area contributed by atoms with Crippen LogP contribution in [0.5, 0.6) is 0 Å². The quantitative estimate of drug-likeness (QED) is 0.808. The van der Waals surface area contributed by atoms with E-state index in [9.17, 15) is 8.42 Å². The van der Waals surface area contributed by atoms with Gasteiger partial charge in [-0.1, -0.05) is 0 Å². The van der Waals surface area contributed by atoms with Crippen LogP contribution in [-0.2, 0) is 10.0 Å². The molecule has 2 saturated heterocycles. The molecule has 0 radical (unpaired) electrons. The molecule has 2 atom stereocenters. The zero-order valence-electron chi connectivity index (χ0n) is 11.9. The van der Waals surface area contributed by atoms with Crippen molar-refractivity contribution in [2.45, 2.75) is 36.7 Å². The van der Waals surface area contributed by atoms with E-state index in [4.69, 9.17) is 5.26 Å². The first-order valence-corrected chi connectivity index (χ1v) is 8.58. The minimum Gasteiger partial charge on any atom is -0.297 e. The fourth-order valence-electron chi connectivity index (χ4n) is 3.23. The summed E-state index contributed by atoms with van der Waals surface area (Å²) in [6.07, 6.45) is 3.48. The number of piperazine rings is 1. The second kappa shape index (κ2) is 5.37. The van der Waals surface area contributed by atoms with Gasteiger partial charge in [0.1, 0.15) is 16.7 Å². The molecular weight excluding hydrogens is 288 g/mol. The van der Waals surface area contributed by atoms with Crippen LogP contribution in [0.15, 0.2) is 23.2 Å². The summed E-state index contributed by atoms with van der Waals surface area (Å²) in [5, 5.41) is 8.75. The van der Waals surface area contributed by atoms with Crippen molar-refractivity contribution in [3.05, 3.63) is 24.0 Å². The van der Waals surface area contributed by atoms with Crippen molar-refractivity contribution in [3.63, 3.8) is 0 Å². The van der Waals surface area contributed by atoms with E-state index >= 15 is 0 Å². The molecule has 1 aromatic rings. The third-order valence-electron chi connectivity index (χ3n) is 4.34. The predicted molar refractivity (Wildman–Crippen MR) is 76.9 cm³/mol. The molecule has 6 nitrogen and oxygen atoms in total. The SMILES string of the molecule is CC1CN2CCCC2CN1S(=O)(=O)c1ccc(C#N)nc1. The summed E-state index contributed by atoms with van der Waals surface area (Å²) in [5.74, 6) is 0. The van der Waals surface area contributed by atoms with Crippen LogP contribution in [0, 0.1) is 11.3 Å². The molecule has 0 saturated carbocycles. The van der Waals surface area contributed by atoms with E-state index in [2.05, 4.69) is 9.88 Å². The number of hydrogen-bond acceptors (Lipinski definition) is 5. The molecule has 112 valence electrons. The van der Waals surface area contributed by atoms with Crippen LogP contribution < -0.4 is 0 Å². The Hall–Kier alpha value is -1.49. The Labute approximate surface area is 125 Å². The van der Waals surface area contributed by atoms with E-state index in [-0.39, 0.29) is 16.6 Å². The lowest BCUT2D eigenvalue weighted by molar-refractivity contribution is 0.117. The molecule has 2 fully saturated rings. The topological polar surface area (TPSA) is 77.3 Å². The van der Waals surface area contributed by atoms with E-state index < -0.39 is 10.0 Å². The van der Waals surface area contributed by atoms with Crippen LogP contribution >= 0.6 is 0 Å². The van der Waals surface area contributed by atoms with E-state index in [0.29, 0.717) is 12.6 Å². The Kier molecular flexibility index (Phi) is 3.69. The van der Waals surface area contributed by atoms with Crippen molar-refractivity contribution in [2.24, 2.45) is 0 Å². The fourth-order valence-corrected chi connectivity index (χ4v) is 4.84. The van der Waals surface area contributed by atoms with Crippen LogP contribution in [0.1, 0.15) is 25.5 Å². The zero-order valence-corrected chi connectivity index (χ0v) is 12.8. The summed E-state index contributed by atoms with van der Waals surface area (Å²) in [6.45, 7) is 4.35. The normalized spacial score (nSPS) is 27.2. The van der Waals surface area contributed by atoms with Gasteiger partial charge in [-0.05, 0) is 38.4 Å². The maximum Gasteiger partial charge on any atom is 0.244 e. The van der Waals surface area contributed by atoms with Crippen LogP contribution in [0.2, 0.25) is 0 Å². The van der Waals surface area contributed by atoms with Crippen molar-refractivity contribution in [2.75, 3.05) is 19.6 Å². The van der Waals surface area contributed by atoms with Crippen LogP contribution in [-0.4, -0.2) is 54.3 Å². The molecule has 0 aliphatic carbocycles. The molecule has 2 aliphatic heterocycles. The Morgan fingerprint density at radius 1 is 1.38 bits per heavy atom. The lowest BCUT2D eigenvalue weighted by Crippen LogP contribution is -2.56. The average molecular weight is 306 g/mol. The number of nitriles is 1. The highest BCUT2D eigenvalue weighted by Gasteiger charge is 2.40. The van der Waals surface area contributed by atoms with Crippen LogP contribution in [0.25, 0.3) is 0 Å². The number of hydrogen-bond donors (Lipinski definition) is 0. The molecule has 0 aromatic carbocycles. The van der Waals surface area contributed by atoms with Gasteiger partial charge in [-0.3, -0.25) is 4.90 Å². The summed E-state index contributed by atoms with van der Waals surface area (Å²) >= 11 is 0. The number of rotatable bonds is 2. The maximum atomic E-state index is 12.8. The Bertz CT molecular complexity index is 665. The number of aromatic nitrogens is 1. The highest BCUT2D eigenvalue weighted by atomic mass is 32.2. The fraction of sp³-hybridized carbons (Fsp3) is 0.571. The maximum absolute atomic E-state index is 12.8. The summed E-state index contributed by atoms with van der Waals surface area (Å²) < 4.78 is 27.1. The van der Waals surface area contributed by atoms with Gasteiger partial charge < -0.3 is 0 Å². The van der Waals surface area contributed by atoms with Crippen molar-refractivity contribution in [1.82, 2.24) is 14.2 Å². The highest BCUT2D eigenvalue weighted by molar-refractivity contribution is 7.89. The molecule has 3 heterocycles. The largest absolute Gasteiger partial charge is 0.297 e. The first kappa shape index (κ1) is 14.4. The van der Waals surface area contributed by atoms with E-state index in [1.165, 1.54) is 18.3 Å². The molecular formula is C14H18N4O2S. The van der Waals surface area contributed by atoms with Gasteiger partial charge in [0.05, 0.1) is 0 Å². The molecule has 3 rings (SSSR count). The number of pyridine rings is 1. The Morgan fingerprint density at radius 2 is 2.19 bits per heavy atom. The number of fused-ring (bicyclic) bond motifs is 1. The second-order valence-electron chi connectivity index (χ2n) is 5.71. The molecule has 2 aliphatic rings. The lowest BCUT2D eigenvalue weighted by atomic mass is 10.1. The first-order valence-electron chi connectivity index (χ1n) is 7.14. The van der Waals surface area contributed by atoms with Gasteiger partial charge in [0.2, 0.25) is 10.0 Å².